The van der Waals surface area contributed by atoms with Crippen molar-refractivity contribution in [2.45, 2.75) is 57.3 Å². The van der Waals surface area contributed by atoms with Crippen LogP contribution in [-0.4, -0.2) is 54.9 Å². The topological polar surface area (TPSA) is 83.7 Å². The van der Waals surface area contributed by atoms with Crippen molar-refractivity contribution in [1.29, 1.82) is 0 Å². The van der Waals surface area contributed by atoms with Gasteiger partial charge in [-0.1, -0.05) is 18.0 Å². The molecule has 1 amide bonds. The molecule has 9 heteroatoms. The molecular formula is C20H27N3O4S2. The summed E-state index contributed by atoms with van der Waals surface area (Å²) in [4.78, 5) is 17.1. The van der Waals surface area contributed by atoms with E-state index in [0.717, 1.165) is 17.7 Å². The van der Waals surface area contributed by atoms with Crippen LogP contribution in [0.3, 0.4) is 0 Å². The molecule has 2 aromatic heterocycles. The third-order valence-electron chi connectivity index (χ3n) is 5.80. The summed E-state index contributed by atoms with van der Waals surface area (Å²) >= 11 is 1.62. The number of aryl methyl sites for hydroxylation is 4. The molecule has 4 rings (SSSR count). The van der Waals surface area contributed by atoms with Crippen LogP contribution in [0.5, 0.6) is 0 Å². The lowest BCUT2D eigenvalue weighted by Gasteiger charge is -2.33. The predicted molar refractivity (Wildman–Crippen MR) is 111 cm³/mol. The van der Waals surface area contributed by atoms with E-state index in [0.29, 0.717) is 24.5 Å². The van der Waals surface area contributed by atoms with Crippen LogP contribution in [0.4, 0.5) is 0 Å². The van der Waals surface area contributed by atoms with Crippen molar-refractivity contribution >= 4 is 27.3 Å². The van der Waals surface area contributed by atoms with Crippen molar-refractivity contribution in [1.82, 2.24) is 14.4 Å². The zero-order valence-electron chi connectivity index (χ0n) is 16.9. The van der Waals surface area contributed by atoms with E-state index >= 15 is 0 Å². The summed E-state index contributed by atoms with van der Waals surface area (Å²) in [6.45, 7) is 4.59. The number of sulfonamides is 1. The highest BCUT2D eigenvalue weighted by Gasteiger charge is 2.34. The molecule has 2 aliphatic rings. The number of hydrogen-bond acceptors (Lipinski definition) is 6. The Morgan fingerprint density at radius 2 is 1.76 bits per heavy atom. The van der Waals surface area contributed by atoms with Crippen molar-refractivity contribution in [3.8, 4) is 0 Å². The van der Waals surface area contributed by atoms with E-state index in [-0.39, 0.29) is 23.9 Å². The number of amides is 1. The third kappa shape index (κ3) is 4.00. The molecule has 0 unspecified atom stereocenters. The second-order valence-electron chi connectivity index (χ2n) is 7.82. The second kappa shape index (κ2) is 8.20. The number of thiophene rings is 1. The Kier molecular flexibility index (Phi) is 5.81. The van der Waals surface area contributed by atoms with Crippen molar-refractivity contribution in [2.24, 2.45) is 0 Å². The molecule has 0 aromatic carbocycles. The first-order valence-corrected chi connectivity index (χ1v) is 12.5. The highest BCUT2D eigenvalue weighted by molar-refractivity contribution is 7.89. The molecule has 7 nitrogen and oxygen atoms in total. The van der Waals surface area contributed by atoms with E-state index in [1.54, 1.807) is 30.1 Å². The van der Waals surface area contributed by atoms with E-state index in [9.17, 15) is 13.2 Å². The Morgan fingerprint density at radius 1 is 1.07 bits per heavy atom. The molecule has 1 aliphatic carbocycles. The van der Waals surface area contributed by atoms with Crippen molar-refractivity contribution in [2.75, 3.05) is 26.2 Å². The zero-order chi connectivity index (χ0) is 20.6. The summed E-state index contributed by atoms with van der Waals surface area (Å²) in [6.07, 6.45) is 7.04. The number of carbonyl (C=O) groups excluding carboxylic acids is 1. The monoisotopic (exact) mass is 437 g/mol. The maximum absolute atomic E-state index is 13.0. The van der Waals surface area contributed by atoms with Gasteiger partial charge in [0.1, 0.15) is 10.6 Å². The summed E-state index contributed by atoms with van der Waals surface area (Å²) in [6, 6.07) is 2.07. The number of fused-ring (bicyclic) bond motifs is 1. The van der Waals surface area contributed by atoms with E-state index in [1.165, 1.54) is 40.4 Å². The van der Waals surface area contributed by atoms with Crippen LogP contribution in [0.25, 0.3) is 0 Å². The fraction of sp³-hybridized carbons (Fsp3) is 0.600. The van der Waals surface area contributed by atoms with E-state index in [2.05, 4.69) is 11.2 Å². The second-order valence-corrected chi connectivity index (χ2v) is 10.8. The molecule has 3 heterocycles. The van der Waals surface area contributed by atoms with Crippen LogP contribution in [0.1, 0.15) is 57.2 Å². The van der Waals surface area contributed by atoms with Crippen LogP contribution in [-0.2, 0) is 22.9 Å². The minimum Gasteiger partial charge on any atom is -0.360 e. The summed E-state index contributed by atoms with van der Waals surface area (Å²) in [5.74, 6) is 0.327. The fourth-order valence-electron chi connectivity index (χ4n) is 4.21. The number of piperazine rings is 1. The van der Waals surface area contributed by atoms with Crippen LogP contribution in [0.2, 0.25) is 0 Å². The molecule has 29 heavy (non-hydrogen) atoms. The number of carbonyl (C=O) groups is 1. The smallest absolute Gasteiger partial charge is 0.264 e. The Morgan fingerprint density at radius 3 is 2.41 bits per heavy atom. The highest BCUT2D eigenvalue weighted by atomic mass is 32.2. The minimum absolute atomic E-state index is 0.0242. The van der Waals surface area contributed by atoms with E-state index < -0.39 is 10.0 Å². The van der Waals surface area contributed by atoms with E-state index in [1.807, 2.05) is 0 Å². The molecule has 0 radical (unpaired) electrons. The Hall–Kier alpha value is -1.71. The largest absolute Gasteiger partial charge is 0.360 e. The van der Waals surface area contributed by atoms with Gasteiger partial charge in [-0.15, -0.1) is 11.3 Å². The Bertz CT molecular complexity index is 956. The highest BCUT2D eigenvalue weighted by Crippen LogP contribution is 2.30. The standard InChI is InChI=1S/C20H27N3O4S2/c1-14-19(15(2)27-21-14)29(25,26)23-11-9-22(10-12-23)20(24)18-13-16-7-5-3-4-6-8-17(16)28-18/h13H,3-12H2,1-2H3. The first-order valence-electron chi connectivity index (χ1n) is 10.2. The molecule has 0 saturated carbocycles. The van der Waals surface area contributed by atoms with Gasteiger partial charge in [-0.2, -0.15) is 4.31 Å². The van der Waals surface area contributed by atoms with Gasteiger partial charge in [0.05, 0.1) is 4.88 Å². The van der Waals surface area contributed by atoms with Crippen molar-refractivity contribution < 1.29 is 17.7 Å². The Balaban J connectivity index is 1.44. The minimum atomic E-state index is -3.66. The SMILES string of the molecule is Cc1noc(C)c1S(=O)(=O)N1CCN(C(=O)c2cc3c(s2)CCCCCC3)CC1. The quantitative estimate of drug-likeness (QED) is 0.737. The van der Waals surface area contributed by atoms with Gasteiger partial charge in [-0.3, -0.25) is 4.79 Å². The molecule has 1 saturated heterocycles. The molecule has 158 valence electrons. The summed E-state index contributed by atoms with van der Waals surface area (Å²) in [5.41, 5.74) is 1.70. The predicted octanol–water partition coefficient (Wildman–Crippen LogP) is 3.16. The number of rotatable bonds is 3. The number of aromatic nitrogens is 1. The normalized spacial score (nSPS) is 18.9. The molecular weight excluding hydrogens is 410 g/mol. The fourth-order valence-corrected chi connectivity index (χ4v) is 7.14. The molecule has 0 N–H and O–H groups in total. The van der Waals surface area contributed by atoms with Gasteiger partial charge in [-0.25, -0.2) is 8.42 Å². The number of hydrogen-bond donors (Lipinski definition) is 0. The average molecular weight is 438 g/mol. The molecule has 1 fully saturated rings. The maximum Gasteiger partial charge on any atom is 0.264 e. The van der Waals surface area contributed by atoms with Crippen molar-refractivity contribution in [3.63, 3.8) is 0 Å². The zero-order valence-corrected chi connectivity index (χ0v) is 18.6. The van der Waals surface area contributed by atoms with Crippen LogP contribution in [0.15, 0.2) is 15.5 Å². The molecule has 0 atom stereocenters. The first kappa shape index (κ1) is 20.6. The van der Waals surface area contributed by atoms with Gasteiger partial charge in [0, 0.05) is 31.1 Å². The van der Waals surface area contributed by atoms with Gasteiger partial charge >= 0.3 is 0 Å². The third-order valence-corrected chi connectivity index (χ3v) is 9.17. The summed E-state index contributed by atoms with van der Waals surface area (Å²) in [7, 11) is -3.66. The molecule has 0 bridgehead atoms. The average Bonchev–Trinajstić information content (AvgIpc) is 3.24. The molecule has 1 aliphatic heterocycles. The summed E-state index contributed by atoms with van der Waals surface area (Å²) < 4.78 is 32.4. The van der Waals surface area contributed by atoms with Gasteiger partial charge in [0.2, 0.25) is 10.0 Å². The first-order chi connectivity index (χ1) is 13.9. The lowest BCUT2D eigenvalue weighted by atomic mass is 10.00. The molecule has 2 aromatic rings. The van der Waals surface area contributed by atoms with E-state index in [4.69, 9.17) is 4.52 Å². The lowest BCUT2D eigenvalue weighted by Crippen LogP contribution is -2.50. The Labute approximate surface area is 175 Å². The van der Waals surface area contributed by atoms with Gasteiger partial charge in [0.25, 0.3) is 5.91 Å². The maximum atomic E-state index is 13.0. The molecule has 0 spiro atoms. The van der Waals surface area contributed by atoms with Gasteiger partial charge in [0.15, 0.2) is 5.76 Å². The van der Waals surface area contributed by atoms with Crippen LogP contribution >= 0.6 is 11.3 Å². The van der Waals surface area contributed by atoms with Gasteiger partial charge < -0.3 is 9.42 Å². The van der Waals surface area contributed by atoms with Gasteiger partial charge in [-0.05, 0) is 51.2 Å². The van der Waals surface area contributed by atoms with Crippen LogP contribution in [0, 0.1) is 13.8 Å². The van der Waals surface area contributed by atoms with Crippen LogP contribution < -0.4 is 0 Å². The van der Waals surface area contributed by atoms with Crippen molar-refractivity contribution in [3.05, 3.63) is 32.8 Å². The number of nitrogens with zero attached hydrogens (tertiary/aromatic N) is 3. The summed E-state index contributed by atoms with van der Waals surface area (Å²) in [5, 5.41) is 3.76. The lowest BCUT2D eigenvalue weighted by molar-refractivity contribution is 0.0702.